The van der Waals surface area contributed by atoms with Crippen LogP contribution < -0.4 is 0 Å². The SMILES string of the molecule is O=P(O)(O)O.O=P(O)(O)O.[Zr].[Zr]. The molecule has 0 aromatic carbocycles. The van der Waals surface area contributed by atoms with E-state index < -0.39 is 15.6 Å². The Morgan fingerprint density at radius 2 is 0.583 bits per heavy atom. The maximum Gasteiger partial charge on any atom is 0.466 e. The fraction of sp³-hybridized carbons (Fsp3) is 0. The molecule has 0 aliphatic carbocycles. The average molecular weight is 378 g/mol. The summed E-state index contributed by atoms with van der Waals surface area (Å²) < 4.78 is 17.8. The van der Waals surface area contributed by atoms with Crippen LogP contribution in [0.2, 0.25) is 0 Å². The van der Waals surface area contributed by atoms with Gasteiger partial charge in [0, 0.05) is 52.4 Å². The van der Waals surface area contributed by atoms with E-state index in [1.165, 1.54) is 0 Å². The molecule has 0 aromatic heterocycles. The number of hydrogen-bond donors (Lipinski definition) is 6. The predicted octanol–water partition coefficient (Wildman–Crippen LogP) is -1.86. The maximum absolute atomic E-state index is 8.88. The largest absolute Gasteiger partial charge is 0.466 e. The van der Waals surface area contributed by atoms with E-state index in [-0.39, 0.29) is 52.4 Å². The van der Waals surface area contributed by atoms with Crippen molar-refractivity contribution in [3.63, 3.8) is 0 Å². The Morgan fingerprint density at radius 1 is 0.583 bits per heavy atom. The van der Waals surface area contributed by atoms with Gasteiger partial charge in [0.1, 0.15) is 0 Å². The minimum Gasteiger partial charge on any atom is -0.303 e. The molecule has 0 aromatic rings. The molecule has 0 aliphatic rings. The van der Waals surface area contributed by atoms with Crippen LogP contribution in [0.4, 0.5) is 0 Å². The van der Waals surface area contributed by atoms with Gasteiger partial charge in [-0.05, 0) is 0 Å². The second kappa shape index (κ2) is 9.54. The summed E-state index contributed by atoms with van der Waals surface area (Å²) in [6.07, 6.45) is 0. The Balaban J connectivity index is -0.0000000457. The molecule has 0 bridgehead atoms. The van der Waals surface area contributed by atoms with Crippen molar-refractivity contribution >= 4 is 15.6 Å². The molecule has 0 unspecified atom stereocenters. The second-order valence-corrected chi connectivity index (χ2v) is 3.08. The first-order chi connectivity index (χ1) is 4.00. The Kier molecular flexibility index (Phi) is 18.8. The minimum atomic E-state index is -4.64. The quantitative estimate of drug-likeness (QED) is 0.268. The molecule has 6 N–H and O–H groups in total. The standard InChI is InChI=1S/2H3O4P.2Zr/c2*1-5(2,3)4;;/h2*(H3,1,2,3,4);;. The summed E-state index contributed by atoms with van der Waals surface area (Å²) in [5.74, 6) is 0. The van der Waals surface area contributed by atoms with E-state index in [0.29, 0.717) is 0 Å². The molecule has 0 saturated carbocycles. The van der Waals surface area contributed by atoms with Gasteiger partial charge >= 0.3 is 15.6 Å². The molecule has 0 aliphatic heterocycles. The molecular weight excluding hydrogens is 372 g/mol. The summed E-state index contributed by atoms with van der Waals surface area (Å²) in [5.41, 5.74) is 0. The van der Waals surface area contributed by atoms with Crippen LogP contribution in [-0.4, -0.2) is 29.4 Å². The normalized spacial score (nSPS) is 9.83. The van der Waals surface area contributed by atoms with Crippen LogP contribution in [-0.2, 0) is 61.5 Å². The topological polar surface area (TPSA) is 156 Å². The maximum atomic E-state index is 8.88. The monoisotopic (exact) mass is 376 g/mol. The van der Waals surface area contributed by atoms with Crippen LogP contribution in [0.1, 0.15) is 0 Å². The first kappa shape index (κ1) is 23.7. The Morgan fingerprint density at radius 3 is 0.583 bits per heavy atom. The molecule has 8 nitrogen and oxygen atoms in total. The smallest absolute Gasteiger partial charge is 0.303 e. The van der Waals surface area contributed by atoms with Gasteiger partial charge < -0.3 is 29.4 Å². The van der Waals surface area contributed by atoms with E-state index in [0.717, 1.165) is 0 Å². The van der Waals surface area contributed by atoms with Crippen molar-refractivity contribution in [3.05, 3.63) is 0 Å². The van der Waals surface area contributed by atoms with Crippen LogP contribution >= 0.6 is 15.6 Å². The van der Waals surface area contributed by atoms with Crippen molar-refractivity contribution in [1.29, 1.82) is 0 Å². The van der Waals surface area contributed by atoms with Crippen LogP contribution in [0.15, 0.2) is 0 Å². The molecule has 72 valence electrons. The molecule has 0 amide bonds. The molecule has 0 radical (unpaired) electrons. The molecular formula is H6O8P2Zr2. The summed E-state index contributed by atoms with van der Waals surface area (Å²) in [5, 5.41) is 0. The third kappa shape index (κ3) is 367. The zero-order valence-corrected chi connectivity index (χ0v) is 12.1. The molecule has 0 spiro atoms. The Bertz CT molecular complexity index is 127. The molecule has 0 rings (SSSR count). The third-order valence-corrected chi connectivity index (χ3v) is 0. The first-order valence-electron chi connectivity index (χ1n) is 1.57. The molecule has 0 fully saturated rings. The average Bonchev–Trinajstić information content (AvgIpc) is 1.12. The van der Waals surface area contributed by atoms with Crippen molar-refractivity contribution in [2.75, 3.05) is 0 Å². The van der Waals surface area contributed by atoms with E-state index in [2.05, 4.69) is 0 Å². The van der Waals surface area contributed by atoms with E-state index in [1.807, 2.05) is 0 Å². The van der Waals surface area contributed by atoms with E-state index in [1.54, 1.807) is 0 Å². The molecule has 12 heteroatoms. The summed E-state index contributed by atoms with van der Waals surface area (Å²) in [4.78, 5) is 43.1. The van der Waals surface area contributed by atoms with Crippen LogP contribution in [0.3, 0.4) is 0 Å². The van der Waals surface area contributed by atoms with Gasteiger partial charge in [-0.25, -0.2) is 9.13 Å². The zero-order valence-electron chi connectivity index (χ0n) is 5.39. The molecule has 12 heavy (non-hydrogen) atoms. The molecule has 0 saturated heterocycles. The van der Waals surface area contributed by atoms with Gasteiger partial charge in [-0.15, -0.1) is 0 Å². The summed E-state index contributed by atoms with van der Waals surface area (Å²) >= 11 is 0. The van der Waals surface area contributed by atoms with Crippen molar-refractivity contribution < 1.29 is 90.9 Å². The van der Waals surface area contributed by atoms with Gasteiger partial charge in [-0.3, -0.25) is 0 Å². The molecule has 0 atom stereocenters. The Labute approximate surface area is 106 Å². The van der Waals surface area contributed by atoms with E-state index in [4.69, 9.17) is 38.5 Å². The van der Waals surface area contributed by atoms with Crippen molar-refractivity contribution in [3.8, 4) is 0 Å². The van der Waals surface area contributed by atoms with Crippen molar-refractivity contribution in [2.45, 2.75) is 0 Å². The third-order valence-electron chi connectivity index (χ3n) is 0. The predicted molar refractivity (Wildman–Crippen MR) is 28.5 cm³/mol. The van der Waals surface area contributed by atoms with Gasteiger partial charge in [-0.2, -0.15) is 0 Å². The van der Waals surface area contributed by atoms with Crippen LogP contribution in [0, 0.1) is 0 Å². The second-order valence-electron chi connectivity index (χ2n) is 1.03. The van der Waals surface area contributed by atoms with Gasteiger partial charge in [0.05, 0.1) is 0 Å². The van der Waals surface area contributed by atoms with E-state index in [9.17, 15) is 0 Å². The van der Waals surface area contributed by atoms with Gasteiger partial charge in [0.15, 0.2) is 0 Å². The summed E-state index contributed by atoms with van der Waals surface area (Å²) in [6, 6.07) is 0. The first-order valence-corrected chi connectivity index (χ1v) is 4.70. The van der Waals surface area contributed by atoms with Gasteiger partial charge in [0.25, 0.3) is 0 Å². The zero-order chi connectivity index (χ0) is 9.00. The fourth-order valence-corrected chi connectivity index (χ4v) is 0. The van der Waals surface area contributed by atoms with Gasteiger partial charge in [-0.1, -0.05) is 0 Å². The Hall–Kier alpha value is 1.99. The number of phosphoric acid groups is 2. The minimum absolute atomic E-state index is 0. The summed E-state index contributed by atoms with van der Waals surface area (Å²) in [7, 11) is -9.28. The van der Waals surface area contributed by atoms with Gasteiger partial charge in [0.2, 0.25) is 0 Å². The fourth-order valence-electron chi connectivity index (χ4n) is 0. The summed E-state index contributed by atoms with van der Waals surface area (Å²) in [6.45, 7) is 0. The van der Waals surface area contributed by atoms with Crippen molar-refractivity contribution in [1.82, 2.24) is 0 Å². The van der Waals surface area contributed by atoms with Crippen LogP contribution in [0.5, 0.6) is 0 Å². The number of hydrogen-bond acceptors (Lipinski definition) is 2. The molecule has 0 heterocycles. The van der Waals surface area contributed by atoms with Crippen LogP contribution in [0.25, 0.3) is 0 Å². The van der Waals surface area contributed by atoms with Crippen molar-refractivity contribution in [2.24, 2.45) is 0 Å². The van der Waals surface area contributed by atoms with E-state index >= 15 is 0 Å². The number of rotatable bonds is 0.